The molecule has 0 radical (unpaired) electrons. The van der Waals surface area contributed by atoms with Gasteiger partial charge in [-0.1, -0.05) is 57.2 Å². The third-order valence-electron chi connectivity index (χ3n) is 5.44. The van der Waals surface area contributed by atoms with Crippen LogP contribution in [0.15, 0.2) is 84.9 Å². The maximum atomic E-state index is 13.6. The number of carbonyl (C=O) groups excluding carboxylic acids is 1. The van der Waals surface area contributed by atoms with Crippen molar-refractivity contribution in [1.29, 1.82) is 0 Å². The van der Waals surface area contributed by atoms with Crippen LogP contribution in [0.4, 0.5) is 22.0 Å². The Hall–Kier alpha value is -4.66. The number of aromatic nitrogens is 2. The van der Waals surface area contributed by atoms with E-state index >= 15 is 0 Å². The van der Waals surface area contributed by atoms with Crippen LogP contribution >= 0.6 is 0 Å². The number of anilines is 2. The van der Waals surface area contributed by atoms with Crippen molar-refractivity contribution in [3.8, 4) is 17.2 Å². The summed E-state index contributed by atoms with van der Waals surface area (Å²) in [4.78, 5) is 25.9. The molecule has 0 unspecified atom stereocenters. The van der Waals surface area contributed by atoms with Gasteiger partial charge in [-0.3, -0.25) is 10.1 Å². The van der Waals surface area contributed by atoms with Gasteiger partial charge in [-0.05, 0) is 30.3 Å². The summed E-state index contributed by atoms with van der Waals surface area (Å²) >= 11 is 0. The van der Waals surface area contributed by atoms with Crippen molar-refractivity contribution in [3.05, 3.63) is 101 Å². The number of rotatable bonds is 6. The van der Waals surface area contributed by atoms with E-state index in [1.807, 2.05) is 51.1 Å². The predicted molar refractivity (Wildman–Crippen MR) is 137 cm³/mol. The number of ether oxygens (including phenoxy) is 2. The molecule has 3 aromatic carbocycles. The quantitative estimate of drug-likeness (QED) is 0.230. The first-order valence-corrected chi connectivity index (χ1v) is 11.2. The van der Waals surface area contributed by atoms with Crippen LogP contribution in [0.1, 0.15) is 26.5 Å². The van der Waals surface area contributed by atoms with E-state index in [2.05, 4.69) is 0 Å². The van der Waals surface area contributed by atoms with Crippen molar-refractivity contribution in [3.63, 3.8) is 0 Å². The zero-order chi connectivity index (χ0) is 25.9. The molecule has 4 rings (SSSR count). The number of nitrogens with zero attached hydrogens (tertiary/aromatic N) is 4. The van der Waals surface area contributed by atoms with E-state index in [0.717, 1.165) is 0 Å². The van der Waals surface area contributed by atoms with Gasteiger partial charge in [0.05, 0.1) is 29.1 Å². The van der Waals surface area contributed by atoms with Gasteiger partial charge < -0.3 is 9.47 Å². The average Bonchev–Trinajstić information content (AvgIpc) is 3.30. The molecule has 1 amide bonds. The Kier molecular flexibility index (Phi) is 6.73. The van der Waals surface area contributed by atoms with E-state index in [1.165, 1.54) is 24.1 Å². The minimum absolute atomic E-state index is 0.0781. The predicted octanol–water partition coefficient (Wildman–Crippen LogP) is 6.42. The number of hydrogen-bond acceptors (Lipinski definition) is 6. The summed E-state index contributed by atoms with van der Waals surface area (Å²) in [5.41, 5.74) is 1.24. The van der Waals surface area contributed by atoms with E-state index in [4.69, 9.17) is 14.6 Å². The fourth-order valence-electron chi connectivity index (χ4n) is 3.58. The average molecular weight is 487 g/mol. The van der Waals surface area contributed by atoms with Crippen LogP contribution in [-0.4, -0.2) is 27.9 Å². The Bertz CT molecular complexity index is 1380. The van der Waals surface area contributed by atoms with Gasteiger partial charge in [0.15, 0.2) is 5.75 Å². The van der Waals surface area contributed by atoms with Crippen LogP contribution < -0.4 is 14.4 Å². The zero-order valence-electron chi connectivity index (χ0n) is 20.4. The molecule has 0 fully saturated rings. The summed E-state index contributed by atoms with van der Waals surface area (Å²) in [7, 11) is 1.37. The van der Waals surface area contributed by atoms with Crippen molar-refractivity contribution in [2.45, 2.75) is 26.2 Å². The number of hydrogen-bond donors (Lipinski definition) is 0. The molecule has 184 valence electrons. The summed E-state index contributed by atoms with van der Waals surface area (Å²) < 4.78 is 12.5. The Morgan fingerprint density at radius 3 is 2.19 bits per heavy atom. The molecule has 0 saturated carbocycles. The lowest BCUT2D eigenvalue weighted by Gasteiger charge is -2.23. The summed E-state index contributed by atoms with van der Waals surface area (Å²) in [6.07, 6.45) is -0.636. The number of methoxy groups -OCH3 is 1. The number of nitro benzene ring substituents is 1. The first kappa shape index (κ1) is 24.5. The van der Waals surface area contributed by atoms with Crippen LogP contribution in [0.2, 0.25) is 0 Å². The molecular weight excluding hydrogens is 460 g/mol. The highest BCUT2D eigenvalue weighted by Crippen LogP contribution is 2.36. The van der Waals surface area contributed by atoms with Gasteiger partial charge >= 0.3 is 11.8 Å². The van der Waals surface area contributed by atoms with Crippen LogP contribution in [0.5, 0.6) is 11.5 Å². The Labute approximate surface area is 208 Å². The fraction of sp³-hybridized carbons (Fsp3) is 0.185. The second-order valence-corrected chi connectivity index (χ2v) is 9.01. The van der Waals surface area contributed by atoms with Gasteiger partial charge in [0.25, 0.3) is 0 Å². The van der Waals surface area contributed by atoms with Gasteiger partial charge in [-0.25, -0.2) is 14.4 Å². The van der Waals surface area contributed by atoms with Crippen LogP contribution in [0, 0.1) is 10.1 Å². The Morgan fingerprint density at radius 1 is 0.972 bits per heavy atom. The van der Waals surface area contributed by atoms with Crippen molar-refractivity contribution in [1.82, 2.24) is 9.78 Å². The van der Waals surface area contributed by atoms with Gasteiger partial charge in [-0.15, -0.1) is 0 Å². The Morgan fingerprint density at radius 2 is 1.61 bits per heavy atom. The van der Waals surface area contributed by atoms with Crippen LogP contribution in [0.25, 0.3) is 5.69 Å². The van der Waals surface area contributed by atoms with Crippen molar-refractivity contribution >= 4 is 23.3 Å². The molecule has 0 aliphatic carbocycles. The number of para-hydroxylation sites is 2. The molecule has 0 aliphatic heterocycles. The molecule has 0 N–H and O–H groups in total. The molecule has 1 heterocycles. The number of amides is 1. The SMILES string of the molecule is COc1cc(-n2nc(C(C)(C)C)cc2N(C(=O)Oc2ccccc2)c2ccccc2)ccc1[N+](=O)[O-]. The summed E-state index contributed by atoms with van der Waals surface area (Å²) in [5, 5.41) is 16.2. The maximum Gasteiger partial charge on any atom is 0.425 e. The van der Waals surface area contributed by atoms with Crippen molar-refractivity contribution < 1.29 is 19.2 Å². The Balaban J connectivity index is 1.91. The molecule has 1 aromatic heterocycles. The minimum atomic E-state index is -0.636. The summed E-state index contributed by atoms with van der Waals surface area (Å²) in [6.45, 7) is 6.03. The highest BCUT2D eigenvalue weighted by molar-refractivity contribution is 5.96. The topological polar surface area (TPSA) is 99.7 Å². The number of benzene rings is 3. The van der Waals surface area contributed by atoms with E-state index in [1.54, 1.807) is 47.1 Å². The molecule has 36 heavy (non-hydrogen) atoms. The molecule has 9 heteroatoms. The molecule has 0 bridgehead atoms. The summed E-state index contributed by atoms with van der Waals surface area (Å²) in [5.74, 6) is 0.875. The van der Waals surface area contributed by atoms with Crippen LogP contribution in [-0.2, 0) is 5.41 Å². The first-order chi connectivity index (χ1) is 17.2. The number of carbonyl (C=O) groups is 1. The van der Waals surface area contributed by atoms with Gasteiger partial charge in [0, 0.05) is 23.6 Å². The van der Waals surface area contributed by atoms with Crippen molar-refractivity contribution in [2.24, 2.45) is 0 Å². The molecule has 0 aliphatic rings. The highest BCUT2D eigenvalue weighted by atomic mass is 16.6. The van der Waals surface area contributed by atoms with E-state index in [0.29, 0.717) is 28.6 Å². The molecule has 0 spiro atoms. The third kappa shape index (κ3) is 5.05. The molecular formula is C27H26N4O5. The highest BCUT2D eigenvalue weighted by Gasteiger charge is 2.29. The van der Waals surface area contributed by atoms with E-state index in [9.17, 15) is 14.9 Å². The van der Waals surface area contributed by atoms with E-state index < -0.39 is 11.0 Å². The number of nitro groups is 1. The molecule has 9 nitrogen and oxygen atoms in total. The monoisotopic (exact) mass is 486 g/mol. The molecule has 0 saturated heterocycles. The van der Waals surface area contributed by atoms with Gasteiger partial charge in [0.2, 0.25) is 0 Å². The largest absolute Gasteiger partial charge is 0.490 e. The second kappa shape index (κ2) is 9.91. The van der Waals surface area contributed by atoms with Gasteiger partial charge in [-0.2, -0.15) is 5.10 Å². The normalized spacial score (nSPS) is 11.1. The lowest BCUT2D eigenvalue weighted by molar-refractivity contribution is -0.385. The molecule has 0 atom stereocenters. The fourth-order valence-corrected chi connectivity index (χ4v) is 3.58. The third-order valence-corrected chi connectivity index (χ3v) is 5.44. The second-order valence-electron chi connectivity index (χ2n) is 9.01. The lowest BCUT2D eigenvalue weighted by atomic mass is 9.92. The summed E-state index contributed by atoms with van der Waals surface area (Å²) in [6, 6.07) is 24.1. The minimum Gasteiger partial charge on any atom is -0.490 e. The smallest absolute Gasteiger partial charge is 0.425 e. The van der Waals surface area contributed by atoms with Crippen LogP contribution in [0.3, 0.4) is 0 Å². The zero-order valence-corrected chi connectivity index (χ0v) is 20.4. The molecule has 4 aromatic rings. The van der Waals surface area contributed by atoms with E-state index in [-0.39, 0.29) is 16.9 Å². The van der Waals surface area contributed by atoms with Gasteiger partial charge in [0.1, 0.15) is 11.6 Å². The van der Waals surface area contributed by atoms with Crippen molar-refractivity contribution in [2.75, 3.05) is 12.0 Å². The maximum absolute atomic E-state index is 13.6. The standard InChI is InChI=1S/C27H26N4O5/c1-27(2,3)24-18-25(30(28-24)20-15-16-22(31(33)34)23(17-20)35-4)29(19-11-7-5-8-12-19)26(32)36-21-13-9-6-10-14-21/h5-18H,1-4H3. The first-order valence-electron chi connectivity index (χ1n) is 11.2. The lowest BCUT2D eigenvalue weighted by Crippen LogP contribution is -2.30.